The molecular formula is C44H29N3S2. The molecule has 2 aliphatic heterocycles. The second-order valence-electron chi connectivity index (χ2n) is 12.6. The molecule has 0 bridgehead atoms. The minimum atomic E-state index is 0.143. The van der Waals surface area contributed by atoms with Crippen LogP contribution in [-0.2, 0) is 0 Å². The van der Waals surface area contributed by atoms with Crippen LogP contribution in [0.5, 0.6) is 0 Å². The Morgan fingerprint density at radius 1 is 0.510 bits per heavy atom. The lowest BCUT2D eigenvalue weighted by Crippen LogP contribution is -2.30. The second kappa shape index (κ2) is 11.7. The van der Waals surface area contributed by atoms with Crippen molar-refractivity contribution >= 4 is 45.7 Å². The van der Waals surface area contributed by atoms with Crippen molar-refractivity contribution in [3.05, 3.63) is 179 Å². The van der Waals surface area contributed by atoms with Crippen LogP contribution in [-0.4, -0.2) is 16.0 Å². The van der Waals surface area contributed by atoms with Crippen LogP contribution in [0.1, 0.15) is 11.5 Å². The van der Waals surface area contributed by atoms with E-state index in [1.165, 1.54) is 41.6 Å². The maximum atomic E-state index is 5.15. The first-order valence-corrected chi connectivity index (χ1v) is 18.2. The van der Waals surface area contributed by atoms with Crippen LogP contribution in [0.3, 0.4) is 0 Å². The Balaban J connectivity index is 1.13. The molecule has 10 rings (SSSR count). The van der Waals surface area contributed by atoms with Gasteiger partial charge in [0, 0.05) is 53.6 Å². The number of anilines is 2. The highest BCUT2D eigenvalue weighted by Gasteiger charge is 2.42. The van der Waals surface area contributed by atoms with Gasteiger partial charge in [0.05, 0.1) is 17.4 Å². The van der Waals surface area contributed by atoms with E-state index in [4.69, 9.17) is 9.97 Å². The fourth-order valence-electron chi connectivity index (χ4n) is 7.40. The lowest BCUT2D eigenvalue weighted by atomic mass is 9.88. The standard InChI is InChI=1S/C44H29N3S2/c1-3-13-29(14-4-1)35-26-36(30-15-5-2-6-16-30)46-44(45-35)31-17-11-18-32(24-31)47-37-23-22-28-12-7-8-19-33(28)43(37)34-25-41-42(27-38(34)47)49-40-21-10-9-20-39(40)48-41/h1-27,34,38H. The Labute approximate surface area is 294 Å². The fraction of sp³-hybridized carbons (Fsp3) is 0.0455. The first-order valence-electron chi connectivity index (χ1n) is 16.6. The number of fused-ring (bicyclic) bond motifs is 7. The van der Waals surface area contributed by atoms with Gasteiger partial charge in [0.25, 0.3) is 0 Å². The quantitative estimate of drug-likeness (QED) is 0.187. The maximum absolute atomic E-state index is 5.15. The van der Waals surface area contributed by atoms with Gasteiger partial charge in [-0.05, 0) is 58.8 Å². The van der Waals surface area contributed by atoms with E-state index >= 15 is 0 Å². The summed E-state index contributed by atoms with van der Waals surface area (Å²) in [6.07, 6.45) is 5.04. The number of rotatable bonds is 4. The van der Waals surface area contributed by atoms with Gasteiger partial charge < -0.3 is 4.90 Å². The van der Waals surface area contributed by atoms with Gasteiger partial charge in [-0.15, -0.1) is 0 Å². The number of benzene rings is 6. The highest BCUT2D eigenvalue weighted by molar-refractivity contribution is 8.11. The van der Waals surface area contributed by atoms with E-state index < -0.39 is 0 Å². The summed E-state index contributed by atoms with van der Waals surface area (Å²) in [4.78, 5) is 18.2. The Kier molecular flexibility index (Phi) is 6.81. The van der Waals surface area contributed by atoms with Gasteiger partial charge in [0.15, 0.2) is 5.82 Å². The number of aromatic nitrogens is 2. The van der Waals surface area contributed by atoms with E-state index in [0.717, 1.165) is 39.6 Å². The van der Waals surface area contributed by atoms with Gasteiger partial charge >= 0.3 is 0 Å². The number of hydrogen-bond donors (Lipinski definition) is 0. The summed E-state index contributed by atoms with van der Waals surface area (Å²) in [7, 11) is 0. The lowest BCUT2D eigenvalue weighted by Gasteiger charge is -2.33. The molecule has 232 valence electrons. The predicted octanol–water partition coefficient (Wildman–Crippen LogP) is 11.9. The van der Waals surface area contributed by atoms with Crippen molar-refractivity contribution in [1.29, 1.82) is 0 Å². The molecule has 6 aromatic carbocycles. The maximum Gasteiger partial charge on any atom is 0.160 e. The Morgan fingerprint density at radius 3 is 1.84 bits per heavy atom. The molecule has 3 heterocycles. The summed E-state index contributed by atoms with van der Waals surface area (Å²) >= 11 is 3.80. The molecule has 0 amide bonds. The van der Waals surface area contributed by atoms with Gasteiger partial charge in [-0.3, -0.25) is 0 Å². The monoisotopic (exact) mass is 663 g/mol. The van der Waals surface area contributed by atoms with E-state index in [1.807, 2.05) is 35.7 Å². The molecule has 2 unspecified atom stereocenters. The zero-order chi connectivity index (χ0) is 32.3. The molecule has 0 saturated carbocycles. The Morgan fingerprint density at radius 2 is 1.12 bits per heavy atom. The predicted molar refractivity (Wildman–Crippen MR) is 205 cm³/mol. The van der Waals surface area contributed by atoms with Gasteiger partial charge in [-0.25, -0.2) is 9.97 Å². The van der Waals surface area contributed by atoms with Crippen molar-refractivity contribution in [2.75, 3.05) is 4.90 Å². The van der Waals surface area contributed by atoms with Crippen LogP contribution in [0.2, 0.25) is 0 Å². The molecule has 0 spiro atoms. The topological polar surface area (TPSA) is 29.0 Å². The third-order valence-corrected chi connectivity index (χ3v) is 12.2. The molecule has 3 nitrogen and oxygen atoms in total. The average molecular weight is 664 g/mol. The first kappa shape index (κ1) is 28.6. The molecule has 7 aromatic rings. The van der Waals surface area contributed by atoms with Crippen LogP contribution < -0.4 is 4.90 Å². The summed E-state index contributed by atoms with van der Waals surface area (Å²) in [5.74, 6) is 0.945. The van der Waals surface area contributed by atoms with E-state index in [1.54, 1.807) is 0 Å². The summed E-state index contributed by atoms with van der Waals surface area (Å²) in [5, 5.41) is 2.60. The van der Waals surface area contributed by atoms with Crippen molar-refractivity contribution in [3.63, 3.8) is 0 Å². The first-order chi connectivity index (χ1) is 24.3. The highest BCUT2D eigenvalue weighted by atomic mass is 32.2. The molecule has 0 saturated heterocycles. The normalized spacial score (nSPS) is 17.4. The van der Waals surface area contributed by atoms with E-state index in [0.29, 0.717) is 0 Å². The fourth-order valence-corrected chi connectivity index (χ4v) is 9.76. The number of nitrogens with zero attached hydrogens (tertiary/aromatic N) is 3. The smallest absolute Gasteiger partial charge is 0.160 e. The van der Waals surface area contributed by atoms with E-state index in [2.05, 4.69) is 157 Å². The third kappa shape index (κ3) is 4.92. The van der Waals surface area contributed by atoms with Crippen molar-refractivity contribution in [2.24, 2.45) is 0 Å². The largest absolute Gasteiger partial charge is 0.333 e. The van der Waals surface area contributed by atoms with Gasteiger partial charge in [-0.2, -0.15) is 0 Å². The number of thioether (sulfide) groups is 2. The SMILES string of the molecule is C1=C2Sc3ccccc3SC2=CC2C1c1c(ccc3ccccc13)N2c1cccc(-c2nc(-c3ccccc3)cc(-c3ccccc3)n2)c1. The molecule has 0 radical (unpaired) electrons. The van der Waals surface area contributed by atoms with Crippen LogP contribution in [0.15, 0.2) is 183 Å². The average Bonchev–Trinajstić information content (AvgIpc) is 3.50. The highest BCUT2D eigenvalue weighted by Crippen LogP contribution is 2.58. The molecule has 3 aliphatic rings. The van der Waals surface area contributed by atoms with Gasteiger partial charge in [-0.1, -0.05) is 145 Å². The van der Waals surface area contributed by atoms with Crippen LogP contribution in [0.4, 0.5) is 11.4 Å². The zero-order valence-electron chi connectivity index (χ0n) is 26.4. The van der Waals surface area contributed by atoms with Gasteiger partial charge in [0.1, 0.15) is 0 Å². The summed E-state index contributed by atoms with van der Waals surface area (Å²) < 4.78 is 0. The minimum absolute atomic E-state index is 0.143. The van der Waals surface area contributed by atoms with Crippen molar-refractivity contribution in [3.8, 4) is 33.9 Å². The molecule has 2 atom stereocenters. The molecule has 49 heavy (non-hydrogen) atoms. The summed E-state index contributed by atoms with van der Waals surface area (Å²) in [6, 6.07) is 54.0. The lowest BCUT2D eigenvalue weighted by molar-refractivity contribution is 0.744. The van der Waals surface area contributed by atoms with E-state index in [9.17, 15) is 0 Å². The van der Waals surface area contributed by atoms with E-state index in [-0.39, 0.29) is 12.0 Å². The number of hydrogen-bond acceptors (Lipinski definition) is 5. The summed E-state index contributed by atoms with van der Waals surface area (Å²) in [5.41, 5.74) is 8.76. The van der Waals surface area contributed by atoms with Crippen LogP contribution in [0, 0.1) is 0 Å². The molecule has 5 heteroatoms. The minimum Gasteiger partial charge on any atom is -0.333 e. The Bertz CT molecular complexity index is 2410. The molecule has 1 aliphatic carbocycles. The summed E-state index contributed by atoms with van der Waals surface area (Å²) in [6.45, 7) is 0. The molecule has 0 fully saturated rings. The van der Waals surface area contributed by atoms with Crippen molar-refractivity contribution in [2.45, 2.75) is 21.8 Å². The van der Waals surface area contributed by atoms with Crippen molar-refractivity contribution in [1.82, 2.24) is 9.97 Å². The second-order valence-corrected chi connectivity index (χ2v) is 14.7. The zero-order valence-corrected chi connectivity index (χ0v) is 28.0. The van der Waals surface area contributed by atoms with Crippen LogP contribution >= 0.6 is 23.5 Å². The van der Waals surface area contributed by atoms with Crippen LogP contribution in [0.25, 0.3) is 44.7 Å². The van der Waals surface area contributed by atoms with Crippen molar-refractivity contribution < 1.29 is 0 Å². The molecule has 0 N–H and O–H groups in total. The Hall–Kier alpha value is -5.36. The van der Waals surface area contributed by atoms with Gasteiger partial charge in [0.2, 0.25) is 0 Å². The molecular weight excluding hydrogens is 635 g/mol. The molecule has 1 aromatic heterocycles. The third-order valence-electron chi connectivity index (χ3n) is 9.64.